The molecule has 1 atom stereocenters. The highest BCUT2D eigenvalue weighted by molar-refractivity contribution is 7.99. The fourth-order valence-corrected chi connectivity index (χ4v) is 2.96. The second kappa shape index (κ2) is 6.31. The van der Waals surface area contributed by atoms with Crippen molar-refractivity contribution in [3.63, 3.8) is 0 Å². The third kappa shape index (κ3) is 4.45. The van der Waals surface area contributed by atoms with Crippen LogP contribution in [0.4, 0.5) is 0 Å². The van der Waals surface area contributed by atoms with E-state index in [-0.39, 0.29) is 5.54 Å². The summed E-state index contributed by atoms with van der Waals surface area (Å²) in [6, 6.07) is 11.0. The minimum Gasteiger partial charge on any atom is -0.497 e. The summed E-state index contributed by atoms with van der Waals surface area (Å²) in [4.78, 5) is 1.22. The summed E-state index contributed by atoms with van der Waals surface area (Å²) in [5, 5.41) is 12.7. The molecule has 19 heavy (non-hydrogen) atoms. The maximum Gasteiger partial charge on any atom is 0.118 e. The summed E-state index contributed by atoms with van der Waals surface area (Å²) in [6.07, 6.45) is 3.28. The normalized spacial score (nSPS) is 17.5. The van der Waals surface area contributed by atoms with Crippen LogP contribution in [0.2, 0.25) is 0 Å². The first-order valence-electron chi connectivity index (χ1n) is 6.61. The Kier molecular flexibility index (Phi) is 4.73. The van der Waals surface area contributed by atoms with Gasteiger partial charge in [0.05, 0.1) is 13.2 Å². The fourth-order valence-electron chi connectivity index (χ4n) is 1.88. The summed E-state index contributed by atoms with van der Waals surface area (Å²) in [7, 11) is 1.67. The monoisotopic (exact) mass is 276 g/mol. The van der Waals surface area contributed by atoms with E-state index >= 15 is 0 Å². The Morgan fingerprint density at radius 3 is 2.63 bits per heavy atom. The van der Waals surface area contributed by atoms with Crippen molar-refractivity contribution in [2.45, 2.75) is 42.7 Å². The van der Waals surface area contributed by atoms with Gasteiger partial charge in [-0.25, -0.2) is 0 Å². The highest BCUT2D eigenvalue weighted by Crippen LogP contribution is 2.27. The molecule has 1 aliphatic rings. The largest absolute Gasteiger partial charge is 0.497 e. The minimum atomic E-state index is -0.388. The number of nitrogens with one attached hydrogen (secondary N) is 1. The molecule has 1 saturated carbocycles. The Morgan fingerprint density at radius 2 is 2.11 bits per heavy atom. The SMILES string of the molecule is COc1ccc(SCCC(C)(C#N)NC2CC2)cc1. The molecule has 1 aromatic carbocycles. The molecule has 1 unspecified atom stereocenters. The number of hydrogen-bond donors (Lipinski definition) is 1. The molecule has 0 spiro atoms. The molecule has 0 aromatic heterocycles. The molecule has 3 nitrogen and oxygen atoms in total. The number of ether oxygens (including phenoxy) is 1. The van der Waals surface area contributed by atoms with Gasteiger partial charge in [0.15, 0.2) is 0 Å². The van der Waals surface area contributed by atoms with Gasteiger partial charge in [-0.1, -0.05) is 0 Å². The average molecular weight is 276 g/mol. The fraction of sp³-hybridized carbons (Fsp3) is 0.533. The predicted molar refractivity (Wildman–Crippen MR) is 78.5 cm³/mol. The third-order valence-corrected chi connectivity index (χ3v) is 4.29. The zero-order chi connectivity index (χ0) is 13.7. The van der Waals surface area contributed by atoms with Crippen molar-refractivity contribution < 1.29 is 4.74 Å². The topological polar surface area (TPSA) is 45.0 Å². The van der Waals surface area contributed by atoms with E-state index in [2.05, 4.69) is 23.5 Å². The van der Waals surface area contributed by atoms with Gasteiger partial charge in [0.2, 0.25) is 0 Å². The summed E-state index contributed by atoms with van der Waals surface area (Å²) in [5.74, 6) is 1.82. The molecular weight excluding hydrogens is 256 g/mol. The van der Waals surface area contributed by atoms with Gasteiger partial charge in [-0.3, -0.25) is 5.32 Å². The number of nitriles is 1. The zero-order valence-electron chi connectivity index (χ0n) is 11.5. The average Bonchev–Trinajstić information content (AvgIpc) is 3.23. The van der Waals surface area contributed by atoms with Gasteiger partial charge in [-0.05, 0) is 50.5 Å². The van der Waals surface area contributed by atoms with Crippen LogP contribution in [0.25, 0.3) is 0 Å². The molecule has 102 valence electrons. The molecule has 0 saturated heterocycles. The van der Waals surface area contributed by atoms with E-state index in [9.17, 15) is 5.26 Å². The van der Waals surface area contributed by atoms with Crippen LogP contribution in [0.1, 0.15) is 26.2 Å². The third-order valence-electron chi connectivity index (χ3n) is 3.28. The molecule has 2 rings (SSSR count). The van der Waals surface area contributed by atoms with Crippen LogP contribution in [-0.2, 0) is 0 Å². The number of methoxy groups -OCH3 is 1. The van der Waals surface area contributed by atoms with Crippen LogP contribution in [0.5, 0.6) is 5.75 Å². The quantitative estimate of drug-likeness (QED) is 0.777. The maximum absolute atomic E-state index is 9.29. The second-order valence-corrected chi connectivity index (χ2v) is 6.30. The van der Waals surface area contributed by atoms with E-state index in [0.717, 1.165) is 17.9 Å². The number of rotatable bonds is 7. The summed E-state index contributed by atoms with van der Waals surface area (Å²) in [6.45, 7) is 2.00. The van der Waals surface area contributed by atoms with E-state index in [1.165, 1.54) is 17.7 Å². The molecule has 0 amide bonds. The van der Waals surface area contributed by atoms with Crippen molar-refractivity contribution in [2.24, 2.45) is 0 Å². The van der Waals surface area contributed by atoms with E-state index < -0.39 is 0 Å². The maximum atomic E-state index is 9.29. The van der Waals surface area contributed by atoms with Crippen LogP contribution in [-0.4, -0.2) is 24.4 Å². The van der Waals surface area contributed by atoms with Crippen molar-refractivity contribution in [3.05, 3.63) is 24.3 Å². The molecule has 1 N–H and O–H groups in total. The van der Waals surface area contributed by atoms with E-state index in [4.69, 9.17) is 4.74 Å². The van der Waals surface area contributed by atoms with E-state index in [1.54, 1.807) is 18.9 Å². The van der Waals surface area contributed by atoms with E-state index in [0.29, 0.717) is 6.04 Å². The first-order chi connectivity index (χ1) is 9.15. The van der Waals surface area contributed by atoms with Crippen LogP contribution < -0.4 is 10.1 Å². The van der Waals surface area contributed by atoms with Crippen molar-refractivity contribution in [2.75, 3.05) is 12.9 Å². The molecule has 4 heteroatoms. The predicted octanol–water partition coefficient (Wildman–Crippen LogP) is 3.21. The van der Waals surface area contributed by atoms with E-state index in [1.807, 2.05) is 19.1 Å². The highest BCUT2D eigenvalue weighted by Gasteiger charge is 2.31. The Balaban J connectivity index is 1.79. The lowest BCUT2D eigenvalue weighted by atomic mass is 10.0. The summed E-state index contributed by atoms with van der Waals surface area (Å²) < 4.78 is 5.13. The second-order valence-electron chi connectivity index (χ2n) is 5.14. The summed E-state index contributed by atoms with van der Waals surface area (Å²) in [5.41, 5.74) is -0.388. The van der Waals surface area contributed by atoms with Gasteiger partial charge in [0.25, 0.3) is 0 Å². The van der Waals surface area contributed by atoms with Gasteiger partial charge in [-0.2, -0.15) is 5.26 Å². The van der Waals surface area contributed by atoms with Gasteiger partial charge in [0, 0.05) is 16.7 Å². The molecular formula is C15H20N2OS. The lowest BCUT2D eigenvalue weighted by Gasteiger charge is -2.22. The Labute approximate surface area is 119 Å². The lowest BCUT2D eigenvalue weighted by molar-refractivity contribution is 0.414. The standard InChI is InChI=1S/C15H20N2OS/c1-15(11-16,17-12-3-4-12)9-10-19-14-7-5-13(18-2)6-8-14/h5-8,12,17H,3-4,9-10H2,1-2H3. The number of nitrogens with zero attached hydrogens (tertiary/aromatic N) is 1. The highest BCUT2D eigenvalue weighted by atomic mass is 32.2. The first kappa shape index (κ1) is 14.2. The minimum absolute atomic E-state index is 0.388. The molecule has 1 fully saturated rings. The number of benzene rings is 1. The van der Waals surface area contributed by atoms with Gasteiger partial charge in [-0.15, -0.1) is 11.8 Å². The smallest absolute Gasteiger partial charge is 0.118 e. The zero-order valence-corrected chi connectivity index (χ0v) is 12.3. The van der Waals surface area contributed by atoms with Crippen LogP contribution in [0, 0.1) is 11.3 Å². The molecule has 0 radical (unpaired) electrons. The molecule has 0 heterocycles. The molecule has 1 aromatic rings. The van der Waals surface area contributed by atoms with Crippen molar-refractivity contribution in [1.29, 1.82) is 5.26 Å². The lowest BCUT2D eigenvalue weighted by Crippen LogP contribution is -2.42. The number of hydrogen-bond acceptors (Lipinski definition) is 4. The Morgan fingerprint density at radius 1 is 1.42 bits per heavy atom. The van der Waals surface area contributed by atoms with Crippen molar-refractivity contribution in [3.8, 4) is 11.8 Å². The van der Waals surface area contributed by atoms with Gasteiger partial charge >= 0.3 is 0 Å². The van der Waals surface area contributed by atoms with Crippen LogP contribution >= 0.6 is 11.8 Å². The summed E-state index contributed by atoms with van der Waals surface area (Å²) >= 11 is 1.78. The van der Waals surface area contributed by atoms with Crippen molar-refractivity contribution in [1.82, 2.24) is 5.32 Å². The van der Waals surface area contributed by atoms with Crippen LogP contribution in [0.15, 0.2) is 29.2 Å². The molecule has 1 aliphatic carbocycles. The van der Waals surface area contributed by atoms with Gasteiger partial charge in [0.1, 0.15) is 11.3 Å². The molecule has 0 aliphatic heterocycles. The Bertz CT molecular complexity index is 450. The van der Waals surface area contributed by atoms with Crippen LogP contribution in [0.3, 0.4) is 0 Å². The number of thioether (sulfide) groups is 1. The van der Waals surface area contributed by atoms with Gasteiger partial charge < -0.3 is 4.74 Å². The first-order valence-corrected chi connectivity index (χ1v) is 7.59. The Hall–Kier alpha value is -1.18. The van der Waals surface area contributed by atoms with Crippen molar-refractivity contribution >= 4 is 11.8 Å². The molecule has 0 bridgehead atoms.